The molecule has 0 atom stereocenters. The Morgan fingerprint density at radius 3 is 2.71 bits per heavy atom. The van der Waals surface area contributed by atoms with E-state index in [0.717, 1.165) is 12.0 Å². The summed E-state index contributed by atoms with van der Waals surface area (Å²) in [5.41, 5.74) is 1.06. The number of carbonyl (C=O) groups is 1. The Kier molecular flexibility index (Phi) is 0.855. The van der Waals surface area contributed by atoms with Crippen molar-refractivity contribution in [2.75, 3.05) is 0 Å². The molecule has 0 fully saturated rings. The highest BCUT2D eigenvalue weighted by Crippen LogP contribution is 2.21. The summed E-state index contributed by atoms with van der Waals surface area (Å²) in [4.78, 5) is 9.81. The first-order valence-electron chi connectivity index (χ1n) is 2.19. The molecule has 0 aromatic heterocycles. The third-order valence-electron chi connectivity index (χ3n) is 0.871. The van der Waals surface area contributed by atoms with E-state index < -0.39 is 5.97 Å². The van der Waals surface area contributed by atoms with Gasteiger partial charge in [-0.3, -0.25) is 4.79 Å². The summed E-state index contributed by atoms with van der Waals surface area (Å²) in [7, 11) is 0. The molecule has 2 heteroatoms. The fourth-order valence-corrected chi connectivity index (χ4v) is 0.411. The molecule has 0 spiro atoms. The molecule has 1 rings (SSSR count). The lowest BCUT2D eigenvalue weighted by Crippen LogP contribution is -1.90. The van der Waals surface area contributed by atoms with Crippen LogP contribution in [0.2, 0.25) is 0 Å². The minimum absolute atomic E-state index is 0.250. The summed E-state index contributed by atoms with van der Waals surface area (Å²) >= 11 is 0. The molecule has 0 saturated heterocycles. The lowest BCUT2D eigenvalue weighted by Gasteiger charge is -1.79. The summed E-state index contributed by atoms with van der Waals surface area (Å²) in [6.45, 7) is 0. The van der Waals surface area contributed by atoms with E-state index in [1.807, 2.05) is 6.08 Å². The van der Waals surface area contributed by atoms with E-state index in [2.05, 4.69) is 0 Å². The normalized spacial score (nSPS) is 15.7. The largest absolute Gasteiger partial charge is 0.481 e. The summed E-state index contributed by atoms with van der Waals surface area (Å²) in [6, 6.07) is 0. The zero-order valence-corrected chi connectivity index (χ0v) is 3.85. The van der Waals surface area contributed by atoms with Crippen LogP contribution in [0.15, 0.2) is 11.6 Å². The summed E-state index contributed by atoms with van der Waals surface area (Å²) < 4.78 is 0. The number of hydrogen-bond donors (Lipinski definition) is 1. The molecule has 0 unspecified atom stereocenters. The topological polar surface area (TPSA) is 37.3 Å². The quantitative estimate of drug-likeness (QED) is 0.518. The highest BCUT2D eigenvalue weighted by molar-refractivity contribution is 5.71. The molecule has 1 N–H and O–H groups in total. The monoisotopic (exact) mass is 98.0 g/mol. The number of aliphatic carboxylic acids is 1. The van der Waals surface area contributed by atoms with Gasteiger partial charge in [0.05, 0.1) is 6.42 Å². The average molecular weight is 98.1 g/mol. The summed E-state index contributed by atoms with van der Waals surface area (Å²) in [5, 5.41) is 8.08. The third kappa shape index (κ3) is 1.39. The second-order valence-electron chi connectivity index (χ2n) is 1.64. The molecule has 2 nitrogen and oxygen atoms in total. The van der Waals surface area contributed by atoms with Crippen LogP contribution in [-0.4, -0.2) is 11.1 Å². The van der Waals surface area contributed by atoms with Crippen molar-refractivity contribution in [3.05, 3.63) is 11.6 Å². The number of hydrogen-bond acceptors (Lipinski definition) is 1. The molecule has 0 aromatic carbocycles. The minimum atomic E-state index is -0.719. The van der Waals surface area contributed by atoms with Gasteiger partial charge in [-0.15, -0.1) is 0 Å². The van der Waals surface area contributed by atoms with Crippen molar-refractivity contribution in [3.8, 4) is 0 Å². The van der Waals surface area contributed by atoms with E-state index >= 15 is 0 Å². The lowest BCUT2D eigenvalue weighted by molar-refractivity contribution is -0.136. The Balaban J connectivity index is 2.21. The summed E-state index contributed by atoms with van der Waals surface area (Å²) in [6.07, 6.45) is 3.10. The molecule has 0 aromatic rings. The van der Waals surface area contributed by atoms with Crippen LogP contribution in [0.1, 0.15) is 12.8 Å². The molecular weight excluding hydrogens is 92.1 g/mol. The first-order chi connectivity index (χ1) is 3.29. The van der Waals surface area contributed by atoms with Crippen molar-refractivity contribution < 1.29 is 9.90 Å². The van der Waals surface area contributed by atoms with Crippen LogP contribution in [0, 0.1) is 0 Å². The van der Waals surface area contributed by atoms with E-state index in [9.17, 15) is 4.79 Å². The van der Waals surface area contributed by atoms with Crippen LogP contribution >= 0.6 is 0 Å². The van der Waals surface area contributed by atoms with Crippen molar-refractivity contribution in [1.82, 2.24) is 0 Å². The zero-order chi connectivity index (χ0) is 5.28. The standard InChI is InChI=1S/C5H6O2/c6-5(7)3-4-1-2-4/h1H,2-3H2,(H,6,7). The number of allylic oxidation sites excluding steroid dienone is 1. The Morgan fingerprint density at radius 2 is 2.57 bits per heavy atom. The predicted octanol–water partition coefficient (Wildman–Crippen LogP) is 0.791. The van der Waals surface area contributed by atoms with Gasteiger partial charge in [-0.2, -0.15) is 0 Å². The molecule has 0 radical (unpaired) electrons. The minimum Gasteiger partial charge on any atom is -0.481 e. The van der Waals surface area contributed by atoms with Crippen molar-refractivity contribution in [3.63, 3.8) is 0 Å². The number of rotatable bonds is 2. The molecule has 7 heavy (non-hydrogen) atoms. The lowest BCUT2D eigenvalue weighted by atomic mass is 10.3. The third-order valence-corrected chi connectivity index (χ3v) is 0.871. The molecule has 0 heterocycles. The zero-order valence-electron chi connectivity index (χ0n) is 3.85. The van der Waals surface area contributed by atoms with Crippen LogP contribution in [-0.2, 0) is 4.79 Å². The smallest absolute Gasteiger partial charge is 0.307 e. The van der Waals surface area contributed by atoms with Crippen molar-refractivity contribution in [1.29, 1.82) is 0 Å². The van der Waals surface area contributed by atoms with Gasteiger partial charge < -0.3 is 5.11 Å². The molecule has 0 saturated carbocycles. The Hall–Kier alpha value is -0.790. The number of carboxylic acid groups (broad SMARTS) is 1. The van der Waals surface area contributed by atoms with Crippen LogP contribution in [0.4, 0.5) is 0 Å². The van der Waals surface area contributed by atoms with Crippen molar-refractivity contribution in [2.24, 2.45) is 0 Å². The molecule has 1 aliphatic rings. The van der Waals surface area contributed by atoms with Crippen LogP contribution in [0.25, 0.3) is 0 Å². The molecule has 1 aliphatic carbocycles. The first kappa shape index (κ1) is 4.37. The first-order valence-corrected chi connectivity index (χ1v) is 2.19. The van der Waals surface area contributed by atoms with Crippen molar-refractivity contribution in [2.45, 2.75) is 12.8 Å². The Bertz CT molecular complexity index is 124. The van der Waals surface area contributed by atoms with Crippen molar-refractivity contribution >= 4 is 5.97 Å². The highest BCUT2D eigenvalue weighted by Gasteiger charge is 2.09. The van der Waals surface area contributed by atoms with Gasteiger partial charge in [0.15, 0.2) is 0 Å². The molecule has 38 valence electrons. The Morgan fingerprint density at radius 1 is 2.00 bits per heavy atom. The maximum atomic E-state index is 9.81. The van der Waals surface area contributed by atoms with Gasteiger partial charge in [0, 0.05) is 0 Å². The molecule has 0 amide bonds. The van der Waals surface area contributed by atoms with Crippen LogP contribution in [0.3, 0.4) is 0 Å². The predicted molar refractivity (Wildman–Crippen MR) is 25.0 cm³/mol. The van der Waals surface area contributed by atoms with Gasteiger partial charge in [-0.1, -0.05) is 11.6 Å². The van der Waals surface area contributed by atoms with Gasteiger partial charge >= 0.3 is 5.97 Å². The molecule has 0 bridgehead atoms. The van der Waals surface area contributed by atoms with Gasteiger partial charge in [-0.25, -0.2) is 0 Å². The summed E-state index contributed by atoms with van der Waals surface area (Å²) in [5.74, 6) is -0.719. The second kappa shape index (κ2) is 1.37. The maximum absolute atomic E-state index is 9.81. The van der Waals surface area contributed by atoms with Gasteiger partial charge in [0.1, 0.15) is 0 Å². The van der Waals surface area contributed by atoms with Gasteiger partial charge in [0.25, 0.3) is 0 Å². The van der Waals surface area contributed by atoms with E-state index in [0.29, 0.717) is 0 Å². The van der Waals surface area contributed by atoms with Crippen LogP contribution in [0.5, 0.6) is 0 Å². The van der Waals surface area contributed by atoms with E-state index in [4.69, 9.17) is 5.11 Å². The number of carboxylic acids is 1. The van der Waals surface area contributed by atoms with Gasteiger partial charge in [-0.05, 0) is 6.42 Å². The van der Waals surface area contributed by atoms with E-state index in [1.54, 1.807) is 0 Å². The molecular formula is C5H6O2. The SMILES string of the molecule is O=C(O)CC1=CC1. The Labute approximate surface area is 41.5 Å². The average Bonchev–Trinajstić information content (AvgIpc) is 2.17. The van der Waals surface area contributed by atoms with E-state index in [-0.39, 0.29) is 6.42 Å². The highest BCUT2D eigenvalue weighted by atomic mass is 16.4. The fourth-order valence-electron chi connectivity index (χ4n) is 0.411. The maximum Gasteiger partial charge on any atom is 0.307 e. The second-order valence-corrected chi connectivity index (χ2v) is 1.64. The van der Waals surface area contributed by atoms with Gasteiger partial charge in [0.2, 0.25) is 0 Å². The van der Waals surface area contributed by atoms with Crippen LogP contribution < -0.4 is 0 Å². The molecule has 0 aliphatic heterocycles. The van der Waals surface area contributed by atoms with E-state index in [1.165, 1.54) is 0 Å². The fraction of sp³-hybridized carbons (Fsp3) is 0.400.